The number of aliphatic imine (C=N–C) groups is 1. The first-order valence-corrected chi connectivity index (χ1v) is 11.3. The highest BCUT2D eigenvalue weighted by molar-refractivity contribution is 7.80. The lowest BCUT2D eigenvalue weighted by molar-refractivity contribution is -0.141. The summed E-state index contributed by atoms with van der Waals surface area (Å²) in [6, 6.07) is -4.59. The van der Waals surface area contributed by atoms with E-state index >= 15 is 0 Å². The number of carboxylic acid groups (broad SMARTS) is 1. The van der Waals surface area contributed by atoms with Crippen LogP contribution in [0.2, 0.25) is 0 Å². The summed E-state index contributed by atoms with van der Waals surface area (Å²) in [5, 5.41) is 16.4. The predicted octanol–water partition coefficient (Wildman–Crippen LogP) is -3.24. The molecule has 0 radical (unpaired) electrons. The molecule has 0 aromatic carbocycles. The van der Waals surface area contributed by atoms with Crippen LogP contribution in [0.15, 0.2) is 4.99 Å². The summed E-state index contributed by atoms with van der Waals surface area (Å²) in [5.41, 5.74) is 21.5. The van der Waals surface area contributed by atoms with Gasteiger partial charge in [0.1, 0.15) is 18.1 Å². The fraction of sp³-hybridized carbons (Fsp3) is 0.684. The molecule has 0 aliphatic carbocycles. The molecule has 34 heavy (non-hydrogen) atoms. The molecule has 0 rings (SSSR count). The molecule has 0 fully saturated rings. The number of carboxylic acids is 1. The number of amides is 4. The van der Waals surface area contributed by atoms with Gasteiger partial charge in [0.25, 0.3) is 0 Å². The smallest absolute Gasteiger partial charge is 0.327 e. The average molecular weight is 505 g/mol. The third-order valence-corrected chi connectivity index (χ3v) is 5.07. The Morgan fingerprint density at radius 1 is 0.882 bits per heavy atom. The first kappa shape index (κ1) is 30.9. The van der Waals surface area contributed by atoms with E-state index in [1.165, 1.54) is 0 Å². The summed E-state index contributed by atoms with van der Waals surface area (Å²) in [6.45, 7) is 3.60. The van der Waals surface area contributed by atoms with Crippen LogP contribution in [-0.4, -0.2) is 77.1 Å². The van der Waals surface area contributed by atoms with E-state index in [9.17, 15) is 24.0 Å². The van der Waals surface area contributed by atoms with Crippen LogP contribution in [0.1, 0.15) is 39.5 Å². The van der Waals surface area contributed by atoms with Crippen LogP contribution in [0.25, 0.3) is 0 Å². The Hall–Kier alpha value is -3.07. The maximum atomic E-state index is 12.9. The van der Waals surface area contributed by atoms with Crippen molar-refractivity contribution in [3.63, 3.8) is 0 Å². The number of nitrogens with two attached hydrogens (primary N) is 4. The Kier molecular flexibility index (Phi) is 14.3. The van der Waals surface area contributed by atoms with Gasteiger partial charge >= 0.3 is 5.97 Å². The normalized spacial score (nSPS) is 14.3. The summed E-state index contributed by atoms with van der Waals surface area (Å²) in [6.07, 6.45) is -0.0213. The van der Waals surface area contributed by atoms with E-state index in [0.717, 1.165) is 0 Å². The van der Waals surface area contributed by atoms with E-state index in [-0.39, 0.29) is 49.9 Å². The molecule has 0 spiro atoms. The van der Waals surface area contributed by atoms with Gasteiger partial charge in [0.15, 0.2) is 5.96 Å². The number of nitrogens with one attached hydrogen (secondary N) is 3. The molecular weight excluding hydrogens is 468 g/mol. The van der Waals surface area contributed by atoms with Gasteiger partial charge in [0, 0.05) is 18.7 Å². The minimum absolute atomic E-state index is 0.0509. The first-order chi connectivity index (χ1) is 15.8. The molecule has 194 valence electrons. The van der Waals surface area contributed by atoms with Gasteiger partial charge in [-0.25, -0.2) is 4.79 Å². The van der Waals surface area contributed by atoms with Gasteiger partial charge in [0.05, 0.1) is 6.04 Å². The molecule has 0 aromatic rings. The number of primary amides is 1. The van der Waals surface area contributed by atoms with Crippen molar-refractivity contribution >= 4 is 48.2 Å². The molecule has 0 aromatic heterocycles. The van der Waals surface area contributed by atoms with Crippen LogP contribution in [0, 0.1) is 5.92 Å². The second-order valence-electron chi connectivity index (χ2n) is 7.93. The highest BCUT2D eigenvalue weighted by Gasteiger charge is 2.30. The number of hydrogen-bond acceptors (Lipinski definition) is 8. The lowest BCUT2D eigenvalue weighted by Gasteiger charge is -2.25. The van der Waals surface area contributed by atoms with Gasteiger partial charge in [-0.1, -0.05) is 13.8 Å². The molecular formula is C19H36N8O6S. The predicted molar refractivity (Wildman–Crippen MR) is 128 cm³/mol. The fourth-order valence-corrected chi connectivity index (χ4v) is 2.88. The zero-order valence-corrected chi connectivity index (χ0v) is 20.2. The van der Waals surface area contributed by atoms with Gasteiger partial charge in [-0.3, -0.25) is 24.2 Å². The second kappa shape index (κ2) is 15.7. The summed E-state index contributed by atoms with van der Waals surface area (Å²) in [5.74, 6) is -4.71. The molecule has 12 N–H and O–H groups in total. The number of thiol groups is 1. The summed E-state index contributed by atoms with van der Waals surface area (Å²) in [4.78, 5) is 64.3. The SMILES string of the molecule is CC(C)C(N)C(=O)NC(CCC(N)=O)C(=O)NC(CCCN=C(N)N)C(=O)NC(CS)C(=O)O. The highest BCUT2D eigenvalue weighted by atomic mass is 32.1. The molecule has 0 saturated heterocycles. The van der Waals surface area contributed by atoms with Crippen molar-refractivity contribution in [1.82, 2.24) is 16.0 Å². The molecule has 0 aliphatic heterocycles. The quantitative estimate of drug-likeness (QED) is 0.0442. The average Bonchev–Trinajstić information content (AvgIpc) is 2.74. The third-order valence-electron chi connectivity index (χ3n) is 4.71. The van der Waals surface area contributed by atoms with E-state index in [1.807, 2.05) is 0 Å². The minimum atomic E-state index is -1.30. The van der Waals surface area contributed by atoms with E-state index in [2.05, 4.69) is 33.6 Å². The minimum Gasteiger partial charge on any atom is -0.480 e. The van der Waals surface area contributed by atoms with Crippen molar-refractivity contribution in [1.29, 1.82) is 0 Å². The van der Waals surface area contributed by atoms with Crippen LogP contribution >= 0.6 is 12.6 Å². The number of nitrogens with zero attached hydrogens (tertiary/aromatic N) is 1. The monoisotopic (exact) mass is 504 g/mol. The van der Waals surface area contributed by atoms with Gasteiger partial charge in [0.2, 0.25) is 23.6 Å². The number of hydrogen-bond donors (Lipinski definition) is 9. The third kappa shape index (κ3) is 12.2. The van der Waals surface area contributed by atoms with E-state index in [4.69, 9.17) is 28.0 Å². The topological polar surface area (TPSA) is 258 Å². The molecule has 4 unspecified atom stereocenters. The number of carbonyl (C=O) groups is 5. The standard InChI is InChI=1S/C19H36N8O6S/c1-9(2)14(21)17(31)26-11(5-6-13(20)28)16(30)25-10(4-3-7-24-19(22)23)15(29)27-12(8-34)18(32)33/h9-12,14,34H,3-8,21H2,1-2H3,(H2,20,28)(H,25,30)(H,26,31)(H,27,29)(H,32,33)(H4,22,23,24). The Morgan fingerprint density at radius 3 is 1.82 bits per heavy atom. The van der Waals surface area contributed by atoms with Gasteiger partial charge in [-0.15, -0.1) is 0 Å². The summed E-state index contributed by atoms with van der Waals surface area (Å²) < 4.78 is 0. The molecule has 0 aliphatic rings. The maximum Gasteiger partial charge on any atom is 0.327 e. The second-order valence-corrected chi connectivity index (χ2v) is 8.29. The molecule has 4 atom stereocenters. The van der Waals surface area contributed by atoms with Crippen molar-refractivity contribution in [2.24, 2.45) is 33.8 Å². The summed E-state index contributed by atoms with van der Waals surface area (Å²) in [7, 11) is 0. The highest BCUT2D eigenvalue weighted by Crippen LogP contribution is 2.06. The molecule has 14 nitrogen and oxygen atoms in total. The lowest BCUT2D eigenvalue weighted by atomic mass is 10.0. The Morgan fingerprint density at radius 2 is 1.38 bits per heavy atom. The number of rotatable bonds is 16. The molecule has 0 saturated carbocycles. The Balaban J connectivity index is 5.59. The van der Waals surface area contributed by atoms with Gasteiger partial charge < -0.3 is 44.0 Å². The zero-order valence-electron chi connectivity index (χ0n) is 19.3. The Labute approximate surface area is 203 Å². The van der Waals surface area contributed by atoms with Gasteiger partial charge in [-0.2, -0.15) is 12.6 Å². The maximum absolute atomic E-state index is 12.9. The first-order valence-electron chi connectivity index (χ1n) is 10.6. The number of carbonyl (C=O) groups excluding carboxylic acids is 4. The van der Waals surface area contributed by atoms with Crippen molar-refractivity contribution in [3.05, 3.63) is 0 Å². The number of guanidine groups is 1. The largest absolute Gasteiger partial charge is 0.480 e. The molecule has 0 heterocycles. The van der Waals surface area contributed by atoms with Crippen LogP contribution < -0.4 is 38.9 Å². The van der Waals surface area contributed by atoms with E-state index < -0.39 is 53.8 Å². The fourth-order valence-electron chi connectivity index (χ4n) is 2.63. The molecule has 15 heteroatoms. The van der Waals surface area contributed by atoms with Crippen molar-refractivity contribution in [2.45, 2.75) is 63.7 Å². The zero-order chi connectivity index (χ0) is 26.4. The van der Waals surface area contributed by atoms with E-state index in [0.29, 0.717) is 0 Å². The van der Waals surface area contributed by atoms with Gasteiger partial charge in [-0.05, 0) is 25.2 Å². The molecule has 0 bridgehead atoms. The van der Waals surface area contributed by atoms with Crippen LogP contribution in [0.4, 0.5) is 0 Å². The molecule has 4 amide bonds. The van der Waals surface area contributed by atoms with Crippen molar-refractivity contribution in [2.75, 3.05) is 12.3 Å². The Bertz CT molecular complexity index is 759. The summed E-state index contributed by atoms with van der Waals surface area (Å²) >= 11 is 3.90. The van der Waals surface area contributed by atoms with Crippen LogP contribution in [-0.2, 0) is 24.0 Å². The van der Waals surface area contributed by atoms with E-state index in [1.54, 1.807) is 13.8 Å². The number of aliphatic carboxylic acids is 1. The van der Waals surface area contributed by atoms with Crippen LogP contribution in [0.5, 0.6) is 0 Å². The lowest BCUT2D eigenvalue weighted by Crippen LogP contribution is -2.57. The van der Waals surface area contributed by atoms with Crippen molar-refractivity contribution < 1.29 is 29.1 Å². The van der Waals surface area contributed by atoms with Crippen LogP contribution in [0.3, 0.4) is 0 Å². The van der Waals surface area contributed by atoms with Crippen molar-refractivity contribution in [3.8, 4) is 0 Å².